The number of carbonyl (C=O) groups excluding carboxylic acids is 1. The van der Waals surface area contributed by atoms with Gasteiger partial charge in [-0.3, -0.25) is 4.79 Å². The molecule has 1 unspecified atom stereocenters. The summed E-state index contributed by atoms with van der Waals surface area (Å²) in [5, 5.41) is 0. The van der Waals surface area contributed by atoms with Gasteiger partial charge in [0, 0.05) is 0 Å². The van der Waals surface area contributed by atoms with Crippen molar-refractivity contribution < 1.29 is 4.79 Å². The van der Waals surface area contributed by atoms with Crippen LogP contribution in [0.3, 0.4) is 0 Å². The Balaban J connectivity index is 0.000000671. The smallest absolute Gasteiger partial charge is 0.146 e. The van der Waals surface area contributed by atoms with Gasteiger partial charge >= 0.3 is 0 Å². The van der Waals surface area contributed by atoms with Crippen molar-refractivity contribution in [3.05, 3.63) is 0 Å². The van der Waals surface area contributed by atoms with Crippen LogP contribution in [0.4, 0.5) is 0 Å². The molecule has 1 saturated carbocycles. The van der Waals surface area contributed by atoms with Gasteiger partial charge in [-0.1, -0.05) is 33.1 Å². The fourth-order valence-corrected chi connectivity index (χ4v) is 1.83. The van der Waals surface area contributed by atoms with E-state index in [9.17, 15) is 4.79 Å². The summed E-state index contributed by atoms with van der Waals surface area (Å²) in [6.45, 7) is 5.60. The first-order valence-electron chi connectivity index (χ1n) is 5.48. The summed E-state index contributed by atoms with van der Waals surface area (Å²) in [6.07, 6.45) is 6.14. The highest BCUT2D eigenvalue weighted by molar-refractivity contribution is 5.81. The molecule has 0 saturated heterocycles. The molecule has 0 aliphatic heterocycles. The zero-order valence-electron chi connectivity index (χ0n) is 9.18. The first-order chi connectivity index (χ1) is 6.22. The second-order valence-corrected chi connectivity index (χ2v) is 3.53. The van der Waals surface area contributed by atoms with Gasteiger partial charge in [0.05, 0.1) is 6.04 Å². The van der Waals surface area contributed by atoms with Crippen LogP contribution in [-0.2, 0) is 4.79 Å². The highest BCUT2D eigenvalue weighted by Gasteiger charge is 2.22. The van der Waals surface area contributed by atoms with E-state index in [-0.39, 0.29) is 11.8 Å². The number of ketones is 1. The molecule has 0 heterocycles. The molecule has 1 rings (SSSR count). The summed E-state index contributed by atoms with van der Waals surface area (Å²) in [7, 11) is 0. The van der Waals surface area contributed by atoms with Gasteiger partial charge in [0.2, 0.25) is 0 Å². The summed E-state index contributed by atoms with van der Waals surface area (Å²) in [4.78, 5) is 10.9. The molecule has 2 nitrogen and oxygen atoms in total. The second-order valence-electron chi connectivity index (χ2n) is 3.53. The predicted molar refractivity (Wildman–Crippen MR) is 56.6 cm³/mol. The predicted octanol–water partition coefficient (Wildman–Crippen LogP) is 2.51. The van der Waals surface area contributed by atoms with Crippen LogP contribution in [-0.4, -0.2) is 11.8 Å². The van der Waals surface area contributed by atoms with Crippen LogP contribution in [0.1, 0.15) is 52.9 Å². The average Bonchev–Trinajstić information content (AvgIpc) is 2.21. The van der Waals surface area contributed by atoms with Gasteiger partial charge < -0.3 is 5.73 Å². The van der Waals surface area contributed by atoms with Gasteiger partial charge in [-0.05, 0) is 25.7 Å². The van der Waals surface area contributed by atoms with Crippen LogP contribution in [0.5, 0.6) is 0 Å². The first kappa shape index (κ1) is 12.6. The molecule has 0 aromatic rings. The molecule has 78 valence electrons. The van der Waals surface area contributed by atoms with Crippen molar-refractivity contribution in [2.45, 2.75) is 58.9 Å². The largest absolute Gasteiger partial charge is 0.321 e. The molecule has 1 atom stereocenters. The van der Waals surface area contributed by atoms with E-state index in [1.54, 1.807) is 6.92 Å². The number of carbonyl (C=O) groups is 1. The number of rotatable bonds is 2. The minimum atomic E-state index is -0.185. The molecule has 1 aliphatic rings. The molecule has 13 heavy (non-hydrogen) atoms. The maximum absolute atomic E-state index is 10.9. The van der Waals surface area contributed by atoms with Crippen molar-refractivity contribution in [3.8, 4) is 0 Å². The van der Waals surface area contributed by atoms with Gasteiger partial charge in [-0.25, -0.2) is 0 Å². The minimum Gasteiger partial charge on any atom is -0.321 e. The fourth-order valence-electron chi connectivity index (χ4n) is 1.83. The lowest BCUT2D eigenvalue weighted by molar-refractivity contribution is -0.119. The normalized spacial score (nSPS) is 20.0. The molecule has 0 spiro atoms. The number of hydrogen-bond donors (Lipinski definition) is 1. The maximum atomic E-state index is 10.9. The highest BCUT2D eigenvalue weighted by Crippen LogP contribution is 2.25. The molecule has 2 heteroatoms. The van der Waals surface area contributed by atoms with E-state index in [0.29, 0.717) is 5.92 Å². The van der Waals surface area contributed by atoms with E-state index in [1.165, 1.54) is 19.3 Å². The van der Waals surface area contributed by atoms with E-state index in [1.807, 2.05) is 13.8 Å². The van der Waals surface area contributed by atoms with Gasteiger partial charge in [0.15, 0.2) is 0 Å². The Bertz CT molecular complexity index is 139. The van der Waals surface area contributed by atoms with Crippen LogP contribution in [0.15, 0.2) is 0 Å². The van der Waals surface area contributed by atoms with E-state index >= 15 is 0 Å². The summed E-state index contributed by atoms with van der Waals surface area (Å²) in [5.74, 6) is 0.623. The molecule has 2 N–H and O–H groups in total. The molecule has 0 aromatic heterocycles. The Labute approximate surface area is 81.9 Å². The zero-order chi connectivity index (χ0) is 10.3. The molecular formula is C11H23NO. The van der Waals surface area contributed by atoms with Crippen LogP contribution in [0, 0.1) is 5.92 Å². The standard InChI is InChI=1S/C9H17NO.C2H6/c1-7(11)9(10)8-5-3-2-4-6-8;1-2/h8-9H,2-6,10H2,1H3;1-2H3. The number of Topliss-reactive ketones (excluding diaryl/α,β-unsaturated/α-hetero) is 1. The maximum Gasteiger partial charge on any atom is 0.146 e. The van der Waals surface area contributed by atoms with Crippen molar-refractivity contribution in [2.24, 2.45) is 11.7 Å². The summed E-state index contributed by atoms with van der Waals surface area (Å²) >= 11 is 0. The van der Waals surface area contributed by atoms with Crippen LogP contribution < -0.4 is 5.73 Å². The number of hydrogen-bond acceptors (Lipinski definition) is 2. The number of nitrogens with two attached hydrogens (primary N) is 1. The summed E-state index contributed by atoms with van der Waals surface area (Å²) in [5.41, 5.74) is 5.74. The topological polar surface area (TPSA) is 43.1 Å². The third kappa shape index (κ3) is 4.41. The molecular weight excluding hydrogens is 162 g/mol. The Hall–Kier alpha value is -0.370. The van der Waals surface area contributed by atoms with E-state index in [0.717, 1.165) is 12.8 Å². The van der Waals surface area contributed by atoms with Crippen LogP contribution in [0.2, 0.25) is 0 Å². The minimum absolute atomic E-state index is 0.150. The monoisotopic (exact) mass is 185 g/mol. The van der Waals surface area contributed by atoms with Crippen LogP contribution in [0.25, 0.3) is 0 Å². The quantitative estimate of drug-likeness (QED) is 0.718. The lowest BCUT2D eigenvalue weighted by atomic mass is 9.83. The lowest BCUT2D eigenvalue weighted by Gasteiger charge is -2.25. The van der Waals surface area contributed by atoms with E-state index in [4.69, 9.17) is 5.73 Å². The van der Waals surface area contributed by atoms with Gasteiger partial charge in [0.25, 0.3) is 0 Å². The summed E-state index contributed by atoms with van der Waals surface area (Å²) < 4.78 is 0. The molecule has 0 bridgehead atoms. The molecule has 1 aliphatic carbocycles. The van der Waals surface area contributed by atoms with E-state index in [2.05, 4.69) is 0 Å². The van der Waals surface area contributed by atoms with Gasteiger partial charge in [-0.2, -0.15) is 0 Å². The van der Waals surface area contributed by atoms with Crippen molar-refractivity contribution in [3.63, 3.8) is 0 Å². The Morgan fingerprint density at radius 3 is 2.08 bits per heavy atom. The van der Waals surface area contributed by atoms with Crippen molar-refractivity contribution in [1.82, 2.24) is 0 Å². The third-order valence-electron chi connectivity index (χ3n) is 2.63. The van der Waals surface area contributed by atoms with Crippen molar-refractivity contribution in [1.29, 1.82) is 0 Å². The molecule has 0 radical (unpaired) electrons. The second kappa shape index (κ2) is 7.07. The highest BCUT2D eigenvalue weighted by atomic mass is 16.1. The molecule has 0 aromatic carbocycles. The summed E-state index contributed by atoms with van der Waals surface area (Å²) in [6, 6.07) is -0.185. The Morgan fingerprint density at radius 2 is 1.69 bits per heavy atom. The van der Waals surface area contributed by atoms with E-state index < -0.39 is 0 Å². The lowest BCUT2D eigenvalue weighted by Crippen LogP contribution is -2.37. The van der Waals surface area contributed by atoms with Crippen LogP contribution >= 0.6 is 0 Å². The Kier molecular flexibility index (Phi) is 6.87. The molecule has 1 fully saturated rings. The van der Waals surface area contributed by atoms with Gasteiger partial charge in [0.1, 0.15) is 5.78 Å². The third-order valence-corrected chi connectivity index (χ3v) is 2.63. The fraction of sp³-hybridized carbons (Fsp3) is 0.909. The molecule has 0 amide bonds. The Morgan fingerprint density at radius 1 is 1.23 bits per heavy atom. The average molecular weight is 185 g/mol. The zero-order valence-corrected chi connectivity index (χ0v) is 9.18. The van der Waals surface area contributed by atoms with Crippen molar-refractivity contribution in [2.75, 3.05) is 0 Å². The SMILES string of the molecule is CC.CC(=O)C(N)C1CCCCC1. The van der Waals surface area contributed by atoms with Crippen molar-refractivity contribution >= 4 is 5.78 Å². The van der Waals surface area contributed by atoms with Gasteiger partial charge in [-0.15, -0.1) is 0 Å². The first-order valence-corrected chi connectivity index (χ1v) is 5.48.